The van der Waals surface area contributed by atoms with Gasteiger partial charge in [-0.3, -0.25) is 0 Å². The summed E-state index contributed by atoms with van der Waals surface area (Å²) in [4.78, 5) is 0. The van der Waals surface area contributed by atoms with Gasteiger partial charge in [0.25, 0.3) is 0 Å². The molecule has 7 nitrogen and oxygen atoms in total. The van der Waals surface area contributed by atoms with Gasteiger partial charge in [0.05, 0.1) is 20.3 Å². The van der Waals surface area contributed by atoms with Gasteiger partial charge in [0.1, 0.15) is 30.2 Å². The molecule has 1 aromatic carbocycles. The molecule has 5 atom stereocenters. The molecule has 0 saturated carbocycles. The van der Waals surface area contributed by atoms with Crippen LogP contribution >= 0.6 is 0 Å². The Morgan fingerprint density at radius 2 is 1.96 bits per heavy atom. The molecule has 23 heavy (non-hydrogen) atoms. The number of ether oxygens (including phenoxy) is 3. The van der Waals surface area contributed by atoms with Crippen LogP contribution in [0.4, 0.5) is 0 Å². The molecule has 0 radical (unpaired) electrons. The van der Waals surface area contributed by atoms with Crippen LogP contribution in [0.2, 0.25) is 0 Å². The average Bonchev–Trinajstić information content (AvgIpc) is 2.58. The fraction of sp³-hybridized carbons (Fsp3) is 0.500. The molecule has 0 aliphatic carbocycles. The molecule has 1 fully saturated rings. The molecular formula is C16H22O7. The van der Waals surface area contributed by atoms with Gasteiger partial charge in [0.2, 0.25) is 0 Å². The molecule has 1 aromatic rings. The summed E-state index contributed by atoms with van der Waals surface area (Å²) < 4.78 is 15.7. The van der Waals surface area contributed by atoms with Crippen LogP contribution in [0.5, 0.6) is 5.75 Å². The van der Waals surface area contributed by atoms with Crippen molar-refractivity contribution in [2.75, 3.05) is 20.3 Å². The highest BCUT2D eigenvalue weighted by molar-refractivity contribution is 5.51. The lowest BCUT2D eigenvalue weighted by Crippen LogP contribution is -2.59. The van der Waals surface area contributed by atoms with Gasteiger partial charge in [-0.15, -0.1) is 0 Å². The van der Waals surface area contributed by atoms with E-state index in [0.29, 0.717) is 0 Å². The van der Waals surface area contributed by atoms with E-state index in [-0.39, 0.29) is 6.61 Å². The van der Waals surface area contributed by atoms with Gasteiger partial charge in [0.15, 0.2) is 6.29 Å². The Balaban J connectivity index is 1.88. The molecule has 7 heteroatoms. The number of aliphatic hydroxyl groups excluding tert-OH is 4. The number of hydrogen-bond acceptors (Lipinski definition) is 7. The van der Waals surface area contributed by atoms with E-state index in [1.54, 1.807) is 13.2 Å². The minimum absolute atomic E-state index is 0.125. The Morgan fingerprint density at radius 3 is 2.65 bits per heavy atom. The van der Waals surface area contributed by atoms with Crippen molar-refractivity contribution in [3.8, 4) is 5.75 Å². The minimum Gasteiger partial charge on any atom is -0.497 e. The fourth-order valence-electron chi connectivity index (χ4n) is 2.28. The van der Waals surface area contributed by atoms with Crippen LogP contribution in [0.25, 0.3) is 6.08 Å². The molecule has 0 unspecified atom stereocenters. The first-order chi connectivity index (χ1) is 11.1. The highest BCUT2D eigenvalue weighted by Gasteiger charge is 2.43. The van der Waals surface area contributed by atoms with Crippen molar-refractivity contribution in [2.45, 2.75) is 30.7 Å². The highest BCUT2D eigenvalue weighted by Crippen LogP contribution is 2.22. The van der Waals surface area contributed by atoms with Crippen molar-refractivity contribution < 1.29 is 34.6 Å². The first kappa shape index (κ1) is 17.9. The van der Waals surface area contributed by atoms with Gasteiger partial charge in [-0.1, -0.05) is 24.3 Å². The van der Waals surface area contributed by atoms with Crippen LogP contribution in [0.1, 0.15) is 5.56 Å². The summed E-state index contributed by atoms with van der Waals surface area (Å²) in [6, 6.07) is 7.44. The van der Waals surface area contributed by atoms with E-state index < -0.39 is 37.3 Å². The summed E-state index contributed by atoms with van der Waals surface area (Å²) in [7, 11) is 1.59. The lowest BCUT2D eigenvalue weighted by Gasteiger charge is -2.39. The second kappa shape index (κ2) is 8.39. The number of benzene rings is 1. The fourth-order valence-corrected chi connectivity index (χ4v) is 2.28. The molecular weight excluding hydrogens is 304 g/mol. The quantitative estimate of drug-likeness (QED) is 0.559. The third kappa shape index (κ3) is 4.51. The van der Waals surface area contributed by atoms with Crippen LogP contribution in [0.15, 0.2) is 30.3 Å². The van der Waals surface area contributed by atoms with Crippen LogP contribution in [0, 0.1) is 0 Å². The summed E-state index contributed by atoms with van der Waals surface area (Å²) in [6.07, 6.45) is -2.78. The summed E-state index contributed by atoms with van der Waals surface area (Å²) >= 11 is 0. The molecule has 0 bridgehead atoms. The Hall–Kier alpha value is -1.48. The van der Waals surface area contributed by atoms with E-state index in [2.05, 4.69) is 0 Å². The maximum Gasteiger partial charge on any atom is 0.187 e. The summed E-state index contributed by atoms with van der Waals surface area (Å²) in [6.45, 7) is -0.357. The van der Waals surface area contributed by atoms with Gasteiger partial charge in [-0.05, 0) is 17.7 Å². The summed E-state index contributed by atoms with van der Waals surface area (Å²) in [5, 5.41) is 38.2. The topological polar surface area (TPSA) is 109 Å². The zero-order valence-electron chi connectivity index (χ0n) is 12.8. The van der Waals surface area contributed by atoms with Crippen LogP contribution in [0.3, 0.4) is 0 Å². The van der Waals surface area contributed by atoms with E-state index in [1.807, 2.05) is 30.3 Å². The number of rotatable bonds is 6. The van der Waals surface area contributed by atoms with E-state index >= 15 is 0 Å². The largest absolute Gasteiger partial charge is 0.497 e. The van der Waals surface area contributed by atoms with Gasteiger partial charge < -0.3 is 34.6 Å². The molecule has 1 aliphatic heterocycles. The zero-order valence-corrected chi connectivity index (χ0v) is 12.8. The average molecular weight is 326 g/mol. The van der Waals surface area contributed by atoms with Gasteiger partial charge in [0, 0.05) is 0 Å². The lowest BCUT2D eigenvalue weighted by molar-refractivity contribution is -0.298. The third-order valence-corrected chi connectivity index (χ3v) is 3.61. The highest BCUT2D eigenvalue weighted by atomic mass is 16.7. The molecule has 1 heterocycles. The molecule has 1 aliphatic rings. The number of hydrogen-bond donors (Lipinski definition) is 4. The SMILES string of the molecule is COc1cccc(/C=C/CO[C@@H]2O[C@H](CO)[C@@H](O)[C@H](O)[C@H]2O)c1. The van der Waals surface area contributed by atoms with E-state index in [4.69, 9.17) is 19.3 Å². The van der Waals surface area contributed by atoms with E-state index in [0.717, 1.165) is 11.3 Å². The maximum absolute atomic E-state index is 9.82. The molecule has 4 N–H and O–H groups in total. The van der Waals surface area contributed by atoms with Crippen molar-refractivity contribution in [3.05, 3.63) is 35.9 Å². The molecule has 0 amide bonds. The Bertz CT molecular complexity index is 517. The number of methoxy groups -OCH3 is 1. The van der Waals surface area contributed by atoms with E-state index in [9.17, 15) is 15.3 Å². The van der Waals surface area contributed by atoms with Crippen molar-refractivity contribution >= 4 is 6.08 Å². The Morgan fingerprint density at radius 1 is 1.17 bits per heavy atom. The minimum atomic E-state index is -1.44. The van der Waals surface area contributed by atoms with Crippen molar-refractivity contribution in [1.29, 1.82) is 0 Å². The molecule has 0 spiro atoms. The van der Waals surface area contributed by atoms with Crippen LogP contribution < -0.4 is 4.74 Å². The predicted molar refractivity (Wildman–Crippen MR) is 81.7 cm³/mol. The van der Waals surface area contributed by atoms with Crippen molar-refractivity contribution in [1.82, 2.24) is 0 Å². The normalized spacial score (nSPS) is 31.4. The van der Waals surface area contributed by atoms with Crippen molar-refractivity contribution in [3.63, 3.8) is 0 Å². The van der Waals surface area contributed by atoms with Crippen LogP contribution in [-0.4, -0.2) is 71.5 Å². The predicted octanol–water partition coefficient (Wildman–Crippen LogP) is -0.475. The summed E-state index contributed by atoms with van der Waals surface area (Å²) in [5.74, 6) is 0.738. The smallest absolute Gasteiger partial charge is 0.187 e. The molecule has 2 rings (SSSR count). The monoisotopic (exact) mass is 326 g/mol. The number of aliphatic hydroxyl groups is 4. The molecule has 128 valence electrons. The van der Waals surface area contributed by atoms with Gasteiger partial charge in [-0.25, -0.2) is 0 Å². The lowest BCUT2D eigenvalue weighted by atomic mass is 9.99. The molecule has 1 saturated heterocycles. The maximum atomic E-state index is 9.82. The Kier molecular flexibility index (Phi) is 6.52. The first-order valence-electron chi connectivity index (χ1n) is 7.29. The molecule has 0 aromatic heterocycles. The second-order valence-electron chi connectivity index (χ2n) is 5.21. The first-order valence-corrected chi connectivity index (χ1v) is 7.29. The Labute approximate surface area is 134 Å². The summed E-state index contributed by atoms with van der Waals surface area (Å²) in [5.41, 5.74) is 0.918. The van der Waals surface area contributed by atoms with E-state index in [1.165, 1.54) is 0 Å². The van der Waals surface area contributed by atoms with Gasteiger partial charge >= 0.3 is 0 Å². The van der Waals surface area contributed by atoms with Gasteiger partial charge in [-0.2, -0.15) is 0 Å². The zero-order chi connectivity index (χ0) is 16.8. The third-order valence-electron chi connectivity index (χ3n) is 3.61. The standard InChI is InChI=1S/C16H22O7/c1-21-11-6-2-4-10(8-11)5-3-7-22-16-15(20)14(19)13(18)12(9-17)23-16/h2-6,8,12-20H,7,9H2,1H3/b5-3+/t12-,13-,14+,15-,16-/m1/s1. The van der Waals surface area contributed by atoms with Crippen LogP contribution in [-0.2, 0) is 9.47 Å². The van der Waals surface area contributed by atoms with Crippen molar-refractivity contribution in [2.24, 2.45) is 0 Å². The second-order valence-corrected chi connectivity index (χ2v) is 5.21.